The second kappa shape index (κ2) is 4.91. The third-order valence-electron chi connectivity index (χ3n) is 1.60. The predicted octanol–water partition coefficient (Wildman–Crippen LogP) is 1.82. The Hall–Kier alpha value is -1.16. The van der Waals surface area contributed by atoms with Gasteiger partial charge in [0.2, 0.25) is 5.91 Å². The van der Waals surface area contributed by atoms with Gasteiger partial charge < -0.3 is 5.32 Å². The van der Waals surface area contributed by atoms with E-state index in [0.29, 0.717) is 5.56 Å². The van der Waals surface area contributed by atoms with Gasteiger partial charge in [-0.05, 0) is 17.7 Å². The number of halogens is 3. The molecule has 0 heterocycles. The molecule has 76 valence electrons. The van der Waals surface area contributed by atoms with Crippen molar-refractivity contribution in [2.24, 2.45) is 0 Å². The molecule has 14 heavy (non-hydrogen) atoms. The summed E-state index contributed by atoms with van der Waals surface area (Å²) in [5.74, 6) is -2.33. The molecular weight excluding hydrogens is 212 g/mol. The van der Waals surface area contributed by atoms with Gasteiger partial charge in [-0.25, -0.2) is 8.78 Å². The van der Waals surface area contributed by atoms with E-state index in [1.165, 1.54) is 6.07 Å². The van der Waals surface area contributed by atoms with Crippen LogP contribution in [0.5, 0.6) is 0 Å². The molecule has 0 atom stereocenters. The number of carbonyl (C=O) groups excluding carboxylic acids is 1. The zero-order valence-corrected chi connectivity index (χ0v) is 7.94. The van der Waals surface area contributed by atoms with Crippen molar-refractivity contribution in [3.05, 3.63) is 35.4 Å². The van der Waals surface area contributed by atoms with E-state index in [0.717, 1.165) is 12.1 Å². The third-order valence-corrected chi connectivity index (χ3v) is 1.84. The second-order valence-corrected chi connectivity index (χ2v) is 2.93. The maximum absolute atomic E-state index is 12.7. The maximum atomic E-state index is 12.7. The number of rotatable bonds is 3. The van der Waals surface area contributed by atoms with Gasteiger partial charge in [0, 0.05) is 6.54 Å². The summed E-state index contributed by atoms with van der Waals surface area (Å²) in [6.07, 6.45) is 0. The molecule has 0 aromatic heterocycles. The highest BCUT2D eigenvalue weighted by Gasteiger charge is 2.03. The van der Waals surface area contributed by atoms with Gasteiger partial charge in [-0.2, -0.15) is 0 Å². The molecule has 2 nitrogen and oxygen atoms in total. The Morgan fingerprint density at radius 2 is 2.07 bits per heavy atom. The van der Waals surface area contributed by atoms with Crippen molar-refractivity contribution in [1.29, 1.82) is 0 Å². The van der Waals surface area contributed by atoms with Gasteiger partial charge in [-0.3, -0.25) is 4.79 Å². The van der Waals surface area contributed by atoms with Crippen LogP contribution >= 0.6 is 11.6 Å². The van der Waals surface area contributed by atoms with Crippen LogP contribution in [0.4, 0.5) is 8.78 Å². The van der Waals surface area contributed by atoms with E-state index in [2.05, 4.69) is 5.32 Å². The summed E-state index contributed by atoms with van der Waals surface area (Å²) in [4.78, 5) is 10.7. The van der Waals surface area contributed by atoms with Crippen molar-refractivity contribution in [1.82, 2.24) is 5.32 Å². The maximum Gasteiger partial charge on any atom is 0.235 e. The lowest BCUT2D eigenvalue weighted by Crippen LogP contribution is -2.23. The van der Waals surface area contributed by atoms with E-state index < -0.39 is 11.6 Å². The Bertz CT molecular complexity index is 344. The zero-order chi connectivity index (χ0) is 10.6. The quantitative estimate of drug-likeness (QED) is 0.772. The normalized spacial score (nSPS) is 9.93. The molecule has 0 aliphatic rings. The van der Waals surface area contributed by atoms with Crippen LogP contribution < -0.4 is 5.32 Å². The summed E-state index contributed by atoms with van der Waals surface area (Å²) in [5.41, 5.74) is 0.488. The lowest BCUT2D eigenvalue weighted by molar-refractivity contribution is -0.118. The molecule has 1 aromatic carbocycles. The van der Waals surface area contributed by atoms with Crippen LogP contribution in [0.1, 0.15) is 5.56 Å². The summed E-state index contributed by atoms with van der Waals surface area (Å²) >= 11 is 5.23. The van der Waals surface area contributed by atoms with E-state index in [9.17, 15) is 13.6 Å². The van der Waals surface area contributed by atoms with Crippen LogP contribution in [0.25, 0.3) is 0 Å². The highest BCUT2D eigenvalue weighted by molar-refractivity contribution is 6.27. The van der Waals surface area contributed by atoms with Crippen LogP contribution in [-0.4, -0.2) is 11.8 Å². The first-order valence-electron chi connectivity index (χ1n) is 3.90. The van der Waals surface area contributed by atoms with Gasteiger partial charge in [-0.15, -0.1) is 11.6 Å². The molecule has 1 N–H and O–H groups in total. The summed E-state index contributed by atoms with van der Waals surface area (Å²) in [6.45, 7) is 0.142. The van der Waals surface area contributed by atoms with E-state index >= 15 is 0 Å². The van der Waals surface area contributed by atoms with Gasteiger partial charge in [0.25, 0.3) is 0 Å². The lowest BCUT2D eigenvalue weighted by atomic mass is 10.2. The molecule has 0 unspecified atom stereocenters. The van der Waals surface area contributed by atoms with Crippen LogP contribution in [-0.2, 0) is 11.3 Å². The average Bonchev–Trinajstić information content (AvgIpc) is 2.19. The highest BCUT2D eigenvalue weighted by atomic mass is 35.5. The van der Waals surface area contributed by atoms with Crippen LogP contribution in [0.3, 0.4) is 0 Å². The van der Waals surface area contributed by atoms with Crippen molar-refractivity contribution < 1.29 is 13.6 Å². The van der Waals surface area contributed by atoms with Gasteiger partial charge in [-0.1, -0.05) is 6.07 Å². The number of hydrogen-bond acceptors (Lipinski definition) is 1. The lowest BCUT2D eigenvalue weighted by Gasteiger charge is -2.03. The monoisotopic (exact) mass is 219 g/mol. The molecule has 0 saturated carbocycles. The minimum Gasteiger partial charge on any atom is -0.351 e. The van der Waals surface area contributed by atoms with Gasteiger partial charge in [0.15, 0.2) is 11.6 Å². The largest absolute Gasteiger partial charge is 0.351 e. The summed E-state index contributed by atoms with van der Waals surface area (Å²) in [5, 5.41) is 2.44. The number of amides is 1. The zero-order valence-electron chi connectivity index (χ0n) is 7.19. The van der Waals surface area contributed by atoms with Crippen LogP contribution in [0.15, 0.2) is 18.2 Å². The number of carbonyl (C=O) groups is 1. The fourth-order valence-corrected chi connectivity index (χ4v) is 0.992. The van der Waals surface area contributed by atoms with Crippen molar-refractivity contribution in [2.45, 2.75) is 6.54 Å². The fraction of sp³-hybridized carbons (Fsp3) is 0.222. The molecular formula is C9H8ClF2NO. The van der Waals surface area contributed by atoms with Crippen molar-refractivity contribution in [2.75, 3.05) is 5.88 Å². The van der Waals surface area contributed by atoms with E-state index in [-0.39, 0.29) is 18.3 Å². The second-order valence-electron chi connectivity index (χ2n) is 2.66. The smallest absolute Gasteiger partial charge is 0.235 e. The third kappa shape index (κ3) is 2.96. The van der Waals surface area contributed by atoms with Gasteiger partial charge in [0.05, 0.1) is 0 Å². The predicted molar refractivity (Wildman–Crippen MR) is 48.9 cm³/mol. The minimum atomic E-state index is -0.928. The summed E-state index contributed by atoms with van der Waals surface area (Å²) in [6, 6.07) is 3.44. The van der Waals surface area contributed by atoms with Crippen LogP contribution in [0.2, 0.25) is 0 Å². The molecule has 0 aliphatic heterocycles. The van der Waals surface area contributed by atoms with E-state index in [1.807, 2.05) is 0 Å². The van der Waals surface area contributed by atoms with E-state index in [1.54, 1.807) is 0 Å². The molecule has 1 aromatic rings. The van der Waals surface area contributed by atoms with Crippen molar-refractivity contribution in [3.8, 4) is 0 Å². The Balaban J connectivity index is 2.60. The van der Waals surface area contributed by atoms with Crippen molar-refractivity contribution in [3.63, 3.8) is 0 Å². The Morgan fingerprint density at radius 3 is 2.64 bits per heavy atom. The van der Waals surface area contributed by atoms with E-state index in [4.69, 9.17) is 11.6 Å². The first-order chi connectivity index (χ1) is 6.63. The molecule has 0 spiro atoms. The fourth-order valence-electron chi connectivity index (χ4n) is 0.897. The van der Waals surface area contributed by atoms with Gasteiger partial charge in [0.1, 0.15) is 5.88 Å². The molecule has 1 rings (SSSR count). The number of nitrogens with one attached hydrogen (secondary N) is 1. The molecule has 0 fully saturated rings. The number of benzene rings is 1. The summed E-state index contributed by atoms with van der Waals surface area (Å²) < 4.78 is 25.2. The van der Waals surface area contributed by atoms with Gasteiger partial charge >= 0.3 is 0 Å². The summed E-state index contributed by atoms with van der Waals surface area (Å²) in [7, 11) is 0. The SMILES string of the molecule is O=C(CCl)NCc1ccc(F)c(F)c1. The Kier molecular flexibility index (Phi) is 3.83. The Morgan fingerprint density at radius 1 is 1.36 bits per heavy atom. The molecule has 5 heteroatoms. The Labute approximate surface area is 84.9 Å². The first-order valence-corrected chi connectivity index (χ1v) is 4.43. The molecule has 0 bridgehead atoms. The standard InChI is InChI=1S/C9H8ClF2NO/c10-4-9(14)13-5-6-1-2-7(11)8(12)3-6/h1-3H,4-5H2,(H,13,14). The minimum absolute atomic E-state index is 0.142. The number of hydrogen-bond donors (Lipinski definition) is 1. The molecule has 1 amide bonds. The highest BCUT2D eigenvalue weighted by Crippen LogP contribution is 2.08. The van der Waals surface area contributed by atoms with Crippen molar-refractivity contribution >= 4 is 17.5 Å². The van der Waals surface area contributed by atoms with Crippen LogP contribution in [0, 0.1) is 11.6 Å². The number of alkyl halides is 1. The first kappa shape index (κ1) is 10.9. The molecule has 0 aliphatic carbocycles. The molecule has 0 saturated heterocycles. The average molecular weight is 220 g/mol. The molecule has 0 radical (unpaired) electrons. The topological polar surface area (TPSA) is 29.1 Å².